The summed E-state index contributed by atoms with van der Waals surface area (Å²) >= 11 is 0. The average Bonchev–Trinajstić information content (AvgIpc) is 2.38. The molecule has 114 valence electrons. The highest BCUT2D eigenvalue weighted by Crippen LogP contribution is 2.09. The molecule has 0 aromatic rings. The third-order valence-electron chi connectivity index (χ3n) is 3.82. The summed E-state index contributed by atoms with van der Waals surface area (Å²) in [6.07, 6.45) is 8.98. The molecule has 0 rings (SSSR count). The molecular formula is C16H34N2O. The van der Waals surface area contributed by atoms with Crippen molar-refractivity contribution in [3.8, 4) is 0 Å². The monoisotopic (exact) mass is 270 g/mol. The van der Waals surface area contributed by atoms with Crippen molar-refractivity contribution in [2.24, 2.45) is 11.7 Å². The lowest BCUT2D eigenvalue weighted by Crippen LogP contribution is -2.34. The number of nitrogens with zero attached hydrogens (tertiary/aromatic N) is 1. The number of hydrogen-bond donors (Lipinski definition) is 1. The van der Waals surface area contributed by atoms with E-state index in [1.54, 1.807) is 0 Å². The van der Waals surface area contributed by atoms with Gasteiger partial charge in [-0.25, -0.2) is 0 Å². The molecule has 0 aromatic heterocycles. The van der Waals surface area contributed by atoms with Crippen LogP contribution in [0.2, 0.25) is 0 Å². The Morgan fingerprint density at radius 2 is 1.68 bits per heavy atom. The van der Waals surface area contributed by atoms with Crippen molar-refractivity contribution in [3.05, 3.63) is 0 Å². The number of unbranched alkanes of at least 4 members (excludes halogenated alkanes) is 5. The predicted octanol–water partition coefficient (Wildman–Crippen LogP) is 3.57. The predicted molar refractivity (Wildman–Crippen MR) is 83.1 cm³/mol. The van der Waals surface area contributed by atoms with Gasteiger partial charge in [0.2, 0.25) is 5.91 Å². The Morgan fingerprint density at radius 3 is 2.26 bits per heavy atom. The zero-order chi connectivity index (χ0) is 14.7. The highest BCUT2D eigenvalue weighted by molar-refractivity contribution is 5.75. The zero-order valence-electron chi connectivity index (χ0n) is 13.5. The van der Waals surface area contributed by atoms with Crippen molar-refractivity contribution >= 4 is 5.91 Å². The fourth-order valence-corrected chi connectivity index (χ4v) is 2.05. The van der Waals surface area contributed by atoms with Crippen LogP contribution in [0.1, 0.15) is 72.1 Å². The standard InChI is InChI=1S/C16H34N2O/c1-5-6-7-8-9-10-11-16(19)18(4)13-12-15(17)14(2)3/h14-15H,5-13,17H2,1-4H3. The summed E-state index contributed by atoms with van der Waals surface area (Å²) in [5, 5.41) is 0. The molecule has 0 aliphatic rings. The molecule has 19 heavy (non-hydrogen) atoms. The van der Waals surface area contributed by atoms with Crippen molar-refractivity contribution in [1.29, 1.82) is 0 Å². The van der Waals surface area contributed by atoms with Crippen molar-refractivity contribution in [2.75, 3.05) is 13.6 Å². The van der Waals surface area contributed by atoms with Crippen LogP contribution in [0.4, 0.5) is 0 Å². The van der Waals surface area contributed by atoms with Gasteiger partial charge in [0, 0.05) is 26.1 Å². The van der Waals surface area contributed by atoms with E-state index in [2.05, 4.69) is 20.8 Å². The third kappa shape index (κ3) is 9.94. The van der Waals surface area contributed by atoms with Gasteiger partial charge in [-0.1, -0.05) is 52.9 Å². The first-order chi connectivity index (χ1) is 8.99. The zero-order valence-corrected chi connectivity index (χ0v) is 13.5. The lowest BCUT2D eigenvalue weighted by atomic mass is 10.0. The second kappa shape index (κ2) is 11.3. The summed E-state index contributed by atoms with van der Waals surface area (Å²) in [4.78, 5) is 13.7. The normalized spacial score (nSPS) is 12.7. The maximum absolute atomic E-state index is 11.9. The second-order valence-corrected chi connectivity index (χ2v) is 6.03. The van der Waals surface area contributed by atoms with E-state index < -0.39 is 0 Å². The number of carbonyl (C=O) groups is 1. The molecular weight excluding hydrogens is 236 g/mol. The minimum absolute atomic E-state index is 0.198. The second-order valence-electron chi connectivity index (χ2n) is 6.03. The van der Waals surface area contributed by atoms with Crippen molar-refractivity contribution < 1.29 is 4.79 Å². The lowest BCUT2D eigenvalue weighted by Gasteiger charge is -2.21. The fourth-order valence-electron chi connectivity index (χ4n) is 2.05. The first kappa shape index (κ1) is 18.4. The van der Waals surface area contributed by atoms with Crippen molar-refractivity contribution in [1.82, 2.24) is 4.90 Å². The highest BCUT2D eigenvalue weighted by Gasteiger charge is 2.12. The molecule has 1 amide bonds. The Bertz CT molecular complexity index is 229. The first-order valence-corrected chi connectivity index (χ1v) is 7.98. The number of rotatable bonds is 11. The Morgan fingerprint density at radius 1 is 1.11 bits per heavy atom. The smallest absolute Gasteiger partial charge is 0.222 e. The highest BCUT2D eigenvalue weighted by atomic mass is 16.2. The molecule has 0 bridgehead atoms. The van der Waals surface area contributed by atoms with Gasteiger partial charge in [0.05, 0.1) is 0 Å². The summed E-state index contributed by atoms with van der Waals surface area (Å²) < 4.78 is 0. The largest absolute Gasteiger partial charge is 0.346 e. The van der Waals surface area contributed by atoms with E-state index in [0.717, 1.165) is 19.4 Å². The van der Waals surface area contributed by atoms with Crippen LogP contribution in [0.15, 0.2) is 0 Å². The average molecular weight is 270 g/mol. The SMILES string of the molecule is CCCCCCCCC(=O)N(C)CCC(N)C(C)C. The van der Waals surface area contributed by atoms with E-state index in [0.29, 0.717) is 12.3 Å². The number of amides is 1. The molecule has 0 fully saturated rings. The minimum atomic E-state index is 0.198. The molecule has 1 unspecified atom stereocenters. The summed E-state index contributed by atoms with van der Waals surface area (Å²) in [7, 11) is 1.90. The maximum atomic E-state index is 11.9. The van der Waals surface area contributed by atoms with E-state index in [1.807, 2.05) is 11.9 Å². The van der Waals surface area contributed by atoms with Gasteiger partial charge < -0.3 is 10.6 Å². The molecule has 0 aliphatic carbocycles. The van der Waals surface area contributed by atoms with Gasteiger partial charge in [-0.15, -0.1) is 0 Å². The van der Waals surface area contributed by atoms with Gasteiger partial charge in [-0.3, -0.25) is 4.79 Å². The Kier molecular flexibility index (Phi) is 10.9. The van der Waals surface area contributed by atoms with E-state index in [1.165, 1.54) is 32.1 Å². The molecule has 0 saturated heterocycles. The topological polar surface area (TPSA) is 46.3 Å². The molecule has 0 aliphatic heterocycles. The van der Waals surface area contributed by atoms with Crippen LogP contribution in [0, 0.1) is 5.92 Å². The van der Waals surface area contributed by atoms with Crippen molar-refractivity contribution in [3.63, 3.8) is 0 Å². The summed E-state index contributed by atoms with van der Waals surface area (Å²) in [6, 6.07) is 0.198. The Labute approximate surface area is 119 Å². The Hall–Kier alpha value is -0.570. The van der Waals surface area contributed by atoms with Crippen LogP contribution >= 0.6 is 0 Å². The first-order valence-electron chi connectivity index (χ1n) is 7.98. The quantitative estimate of drug-likeness (QED) is 0.583. The van der Waals surface area contributed by atoms with Crippen LogP contribution in [0.3, 0.4) is 0 Å². The molecule has 0 saturated carbocycles. The number of carbonyl (C=O) groups excluding carboxylic acids is 1. The minimum Gasteiger partial charge on any atom is -0.346 e. The van der Waals surface area contributed by atoms with Crippen LogP contribution < -0.4 is 5.73 Å². The molecule has 3 nitrogen and oxygen atoms in total. The molecule has 3 heteroatoms. The summed E-state index contributed by atoms with van der Waals surface area (Å²) in [5.41, 5.74) is 6.00. The van der Waals surface area contributed by atoms with E-state index in [9.17, 15) is 4.79 Å². The summed E-state index contributed by atoms with van der Waals surface area (Å²) in [5.74, 6) is 0.758. The van der Waals surface area contributed by atoms with Gasteiger partial charge in [-0.05, 0) is 18.8 Å². The molecule has 0 heterocycles. The maximum Gasteiger partial charge on any atom is 0.222 e. The van der Waals surface area contributed by atoms with E-state index in [4.69, 9.17) is 5.73 Å². The molecule has 2 N–H and O–H groups in total. The van der Waals surface area contributed by atoms with Gasteiger partial charge >= 0.3 is 0 Å². The van der Waals surface area contributed by atoms with Crippen LogP contribution in [-0.2, 0) is 4.79 Å². The molecule has 0 radical (unpaired) electrons. The lowest BCUT2D eigenvalue weighted by molar-refractivity contribution is -0.130. The number of hydrogen-bond acceptors (Lipinski definition) is 2. The van der Waals surface area contributed by atoms with Gasteiger partial charge in [0.25, 0.3) is 0 Å². The van der Waals surface area contributed by atoms with Crippen molar-refractivity contribution in [2.45, 2.75) is 78.2 Å². The fraction of sp³-hybridized carbons (Fsp3) is 0.938. The van der Waals surface area contributed by atoms with E-state index in [-0.39, 0.29) is 11.9 Å². The Balaban J connectivity index is 3.59. The number of nitrogens with two attached hydrogens (primary N) is 1. The van der Waals surface area contributed by atoms with Crippen LogP contribution in [0.5, 0.6) is 0 Å². The third-order valence-corrected chi connectivity index (χ3v) is 3.82. The van der Waals surface area contributed by atoms with Gasteiger partial charge in [0.1, 0.15) is 0 Å². The van der Waals surface area contributed by atoms with E-state index >= 15 is 0 Å². The van der Waals surface area contributed by atoms with Crippen LogP contribution in [0.25, 0.3) is 0 Å². The summed E-state index contributed by atoms with van der Waals surface area (Å²) in [6.45, 7) is 7.26. The van der Waals surface area contributed by atoms with Crippen LogP contribution in [-0.4, -0.2) is 30.4 Å². The molecule has 0 spiro atoms. The molecule has 1 atom stereocenters. The molecule has 0 aromatic carbocycles. The van der Waals surface area contributed by atoms with Gasteiger partial charge in [-0.2, -0.15) is 0 Å². The van der Waals surface area contributed by atoms with Gasteiger partial charge in [0.15, 0.2) is 0 Å².